The van der Waals surface area contributed by atoms with Crippen molar-refractivity contribution < 1.29 is 0 Å². The molecule has 0 bridgehead atoms. The molecule has 0 amide bonds. The van der Waals surface area contributed by atoms with E-state index in [1.54, 1.807) is 10.9 Å². The Bertz CT molecular complexity index is 773. The van der Waals surface area contributed by atoms with Crippen molar-refractivity contribution in [3.05, 3.63) is 35.7 Å². The molecule has 0 radical (unpaired) electrons. The Hall–Kier alpha value is -2.72. The van der Waals surface area contributed by atoms with E-state index in [-0.39, 0.29) is 5.92 Å². The maximum absolute atomic E-state index is 9.44. The highest BCUT2D eigenvalue weighted by atomic mass is 15.2. The van der Waals surface area contributed by atoms with Gasteiger partial charge in [-0.15, -0.1) is 12.3 Å². The molecule has 1 aromatic heterocycles. The molecule has 0 saturated carbocycles. The van der Waals surface area contributed by atoms with Crippen LogP contribution in [-0.4, -0.2) is 23.4 Å². The molecule has 1 atom stereocenters. The van der Waals surface area contributed by atoms with E-state index in [1.165, 1.54) is 5.56 Å². The molecule has 1 aromatic carbocycles. The van der Waals surface area contributed by atoms with Crippen LogP contribution in [0.1, 0.15) is 11.1 Å². The summed E-state index contributed by atoms with van der Waals surface area (Å²) in [5.74, 6) is 3.06. The van der Waals surface area contributed by atoms with Gasteiger partial charge in [-0.05, 0) is 24.1 Å². The van der Waals surface area contributed by atoms with E-state index in [0.29, 0.717) is 5.56 Å². The minimum atomic E-state index is 0.220. The van der Waals surface area contributed by atoms with Crippen molar-refractivity contribution in [3.63, 3.8) is 0 Å². The molecule has 0 fully saturated rings. The number of aromatic nitrogens is 2. The zero-order valence-electron chi connectivity index (χ0n) is 12.2. The van der Waals surface area contributed by atoms with Crippen LogP contribution >= 0.6 is 0 Å². The van der Waals surface area contributed by atoms with Crippen LogP contribution in [0.4, 0.5) is 5.69 Å². The summed E-state index contributed by atoms with van der Waals surface area (Å²) in [6.45, 7) is 0.834. The van der Waals surface area contributed by atoms with E-state index in [9.17, 15) is 5.26 Å². The van der Waals surface area contributed by atoms with E-state index in [1.807, 2.05) is 26.4 Å². The molecule has 1 aliphatic rings. The maximum atomic E-state index is 9.44. The van der Waals surface area contributed by atoms with E-state index in [2.05, 4.69) is 28.1 Å². The van der Waals surface area contributed by atoms with Gasteiger partial charge in [0, 0.05) is 49.6 Å². The number of rotatable bonds is 1. The number of nitriles is 1. The molecule has 1 aliphatic heterocycles. The highest BCUT2D eigenvalue weighted by molar-refractivity contribution is 5.75. The van der Waals surface area contributed by atoms with Gasteiger partial charge in [-0.2, -0.15) is 10.4 Å². The average Bonchev–Trinajstić information content (AvgIpc) is 2.92. The maximum Gasteiger partial charge on any atom is 0.0998 e. The van der Waals surface area contributed by atoms with Crippen LogP contribution in [0.5, 0.6) is 0 Å². The van der Waals surface area contributed by atoms with Gasteiger partial charge in [0.2, 0.25) is 0 Å². The predicted octanol–water partition coefficient (Wildman–Crippen LogP) is 2.20. The summed E-state index contributed by atoms with van der Waals surface area (Å²) in [6.07, 6.45) is 10.2. The lowest BCUT2D eigenvalue weighted by Crippen LogP contribution is -2.31. The van der Waals surface area contributed by atoms with Crippen LogP contribution in [0, 0.1) is 29.6 Å². The summed E-state index contributed by atoms with van der Waals surface area (Å²) in [7, 11) is 3.89. The summed E-state index contributed by atoms with van der Waals surface area (Å²) in [4.78, 5) is 2.14. The molecule has 0 spiro atoms. The molecule has 2 aromatic rings. The second-order valence-corrected chi connectivity index (χ2v) is 5.49. The van der Waals surface area contributed by atoms with Gasteiger partial charge in [0.25, 0.3) is 0 Å². The first-order chi connectivity index (χ1) is 10.1. The van der Waals surface area contributed by atoms with Crippen LogP contribution < -0.4 is 4.90 Å². The Kier molecular flexibility index (Phi) is 3.16. The number of terminal acetylenes is 1. The number of anilines is 1. The molecular weight excluding hydrogens is 260 g/mol. The highest BCUT2D eigenvalue weighted by Crippen LogP contribution is 2.35. The van der Waals surface area contributed by atoms with Crippen molar-refractivity contribution in [3.8, 4) is 29.5 Å². The minimum absolute atomic E-state index is 0.220. The van der Waals surface area contributed by atoms with Gasteiger partial charge in [-0.1, -0.05) is 0 Å². The zero-order valence-corrected chi connectivity index (χ0v) is 12.2. The van der Waals surface area contributed by atoms with E-state index in [4.69, 9.17) is 6.42 Å². The largest absolute Gasteiger partial charge is 0.373 e. The van der Waals surface area contributed by atoms with Crippen LogP contribution in [0.2, 0.25) is 0 Å². The fourth-order valence-corrected chi connectivity index (χ4v) is 2.91. The Morgan fingerprint density at radius 2 is 2.19 bits per heavy atom. The van der Waals surface area contributed by atoms with Crippen LogP contribution in [0.15, 0.2) is 24.5 Å². The summed E-state index contributed by atoms with van der Waals surface area (Å²) >= 11 is 0. The van der Waals surface area contributed by atoms with Gasteiger partial charge in [-0.25, -0.2) is 0 Å². The molecule has 0 N–H and O–H groups in total. The van der Waals surface area contributed by atoms with E-state index >= 15 is 0 Å². The third kappa shape index (κ3) is 2.26. The topological polar surface area (TPSA) is 44.9 Å². The summed E-state index contributed by atoms with van der Waals surface area (Å²) in [5, 5.41) is 13.6. The first-order valence-corrected chi connectivity index (χ1v) is 6.85. The lowest BCUT2D eigenvalue weighted by atomic mass is 9.89. The van der Waals surface area contributed by atoms with Crippen molar-refractivity contribution >= 4 is 5.69 Å². The molecule has 104 valence electrons. The van der Waals surface area contributed by atoms with Gasteiger partial charge in [-0.3, -0.25) is 4.68 Å². The first-order valence-electron chi connectivity index (χ1n) is 6.85. The SMILES string of the molecule is C#C[C@H]1Cc2cc(-c3cnn(C)c3)c(C#N)cc2N(C)C1. The Morgan fingerprint density at radius 3 is 2.81 bits per heavy atom. The van der Waals surface area contributed by atoms with Crippen molar-refractivity contribution in [2.24, 2.45) is 13.0 Å². The summed E-state index contributed by atoms with van der Waals surface area (Å²) in [6, 6.07) is 6.35. The quantitative estimate of drug-likeness (QED) is 0.750. The molecule has 0 unspecified atom stereocenters. The van der Waals surface area contributed by atoms with Crippen LogP contribution in [-0.2, 0) is 13.5 Å². The lowest BCUT2D eigenvalue weighted by molar-refractivity contribution is 0.626. The van der Waals surface area contributed by atoms with Crippen molar-refractivity contribution in [1.29, 1.82) is 5.26 Å². The number of benzene rings is 1. The number of hydrogen-bond acceptors (Lipinski definition) is 3. The van der Waals surface area contributed by atoms with Gasteiger partial charge in [0.1, 0.15) is 0 Å². The van der Waals surface area contributed by atoms with Gasteiger partial charge >= 0.3 is 0 Å². The second kappa shape index (κ2) is 5.00. The summed E-state index contributed by atoms with van der Waals surface area (Å²) < 4.78 is 1.74. The fraction of sp³-hybridized carbons (Fsp3) is 0.294. The van der Waals surface area contributed by atoms with Crippen molar-refractivity contribution in [2.75, 3.05) is 18.5 Å². The van der Waals surface area contributed by atoms with E-state index < -0.39 is 0 Å². The molecular formula is C17H16N4. The van der Waals surface area contributed by atoms with Gasteiger partial charge < -0.3 is 4.90 Å². The Labute approximate surface area is 124 Å². The monoisotopic (exact) mass is 276 g/mol. The molecule has 3 rings (SSSR count). The van der Waals surface area contributed by atoms with Gasteiger partial charge in [0.05, 0.1) is 17.8 Å². The molecule has 2 heterocycles. The number of hydrogen-bond donors (Lipinski definition) is 0. The molecule has 4 heteroatoms. The number of nitrogens with zero attached hydrogens (tertiary/aromatic N) is 4. The lowest BCUT2D eigenvalue weighted by Gasteiger charge is -2.31. The third-order valence-corrected chi connectivity index (χ3v) is 3.96. The minimum Gasteiger partial charge on any atom is -0.373 e. The fourth-order valence-electron chi connectivity index (χ4n) is 2.91. The molecule has 0 aliphatic carbocycles. The van der Waals surface area contributed by atoms with Crippen molar-refractivity contribution in [2.45, 2.75) is 6.42 Å². The normalized spacial score (nSPS) is 17.0. The van der Waals surface area contributed by atoms with Crippen molar-refractivity contribution in [1.82, 2.24) is 9.78 Å². The third-order valence-electron chi connectivity index (χ3n) is 3.96. The number of aryl methyl sites for hydroxylation is 1. The van der Waals surface area contributed by atoms with Gasteiger partial charge in [0.15, 0.2) is 0 Å². The first kappa shape index (κ1) is 13.3. The van der Waals surface area contributed by atoms with Crippen LogP contribution in [0.25, 0.3) is 11.1 Å². The predicted molar refractivity (Wildman–Crippen MR) is 82.7 cm³/mol. The van der Waals surface area contributed by atoms with Crippen LogP contribution in [0.3, 0.4) is 0 Å². The molecule has 0 saturated heterocycles. The molecule has 4 nitrogen and oxygen atoms in total. The Balaban J connectivity index is 2.15. The highest BCUT2D eigenvalue weighted by Gasteiger charge is 2.23. The summed E-state index contributed by atoms with van der Waals surface area (Å²) in [5.41, 5.74) is 4.86. The Morgan fingerprint density at radius 1 is 1.38 bits per heavy atom. The number of fused-ring (bicyclic) bond motifs is 1. The van der Waals surface area contributed by atoms with E-state index in [0.717, 1.165) is 29.8 Å². The zero-order chi connectivity index (χ0) is 15.0. The molecule has 21 heavy (non-hydrogen) atoms. The standard InChI is InChI=1S/C17H16N4/c1-4-12-5-13-6-16(15-9-19-21(3)11-15)14(8-18)7-17(13)20(2)10-12/h1,6-7,9,11-12H,5,10H2,2-3H3/t12-/m0/s1. The smallest absolute Gasteiger partial charge is 0.0998 e. The average molecular weight is 276 g/mol. The second-order valence-electron chi connectivity index (χ2n) is 5.49.